The van der Waals surface area contributed by atoms with E-state index in [1.807, 2.05) is 49.4 Å². The zero-order chi connectivity index (χ0) is 12.8. The second kappa shape index (κ2) is 5.97. The van der Waals surface area contributed by atoms with Crippen LogP contribution in [-0.2, 0) is 0 Å². The van der Waals surface area contributed by atoms with Crippen LogP contribution in [0.4, 0.5) is 5.69 Å². The number of hydrogen-bond acceptors (Lipinski definition) is 3. The highest BCUT2D eigenvalue weighted by Gasteiger charge is 1.95. The highest BCUT2D eigenvalue weighted by molar-refractivity contribution is 7.80. The number of furan rings is 1. The van der Waals surface area contributed by atoms with Crippen molar-refractivity contribution in [2.24, 2.45) is 5.10 Å². The van der Waals surface area contributed by atoms with Gasteiger partial charge in [0.15, 0.2) is 5.11 Å². The van der Waals surface area contributed by atoms with E-state index in [1.165, 1.54) is 0 Å². The average Bonchev–Trinajstić information content (AvgIpc) is 2.76. The van der Waals surface area contributed by atoms with Crippen molar-refractivity contribution in [3.05, 3.63) is 54.0 Å². The number of anilines is 1. The number of hydrazone groups is 1. The predicted molar refractivity (Wildman–Crippen MR) is 76.8 cm³/mol. The molecule has 1 aromatic heterocycles. The van der Waals surface area contributed by atoms with E-state index in [4.69, 9.17) is 16.6 Å². The minimum Gasteiger partial charge on any atom is -0.460 e. The minimum atomic E-state index is 0.431. The van der Waals surface area contributed by atoms with E-state index < -0.39 is 0 Å². The third-order valence-corrected chi connectivity index (χ3v) is 2.34. The Balaban J connectivity index is 1.83. The maximum atomic E-state index is 5.33. The molecule has 2 rings (SSSR count). The first kappa shape index (κ1) is 12.3. The van der Waals surface area contributed by atoms with E-state index in [9.17, 15) is 0 Å². The first-order valence-corrected chi connectivity index (χ1v) is 5.86. The summed E-state index contributed by atoms with van der Waals surface area (Å²) in [6, 6.07) is 13.4. The van der Waals surface area contributed by atoms with Crippen molar-refractivity contribution in [2.45, 2.75) is 6.92 Å². The van der Waals surface area contributed by atoms with E-state index in [1.54, 1.807) is 6.21 Å². The van der Waals surface area contributed by atoms with Crippen molar-refractivity contribution in [2.75, 3.05) is 5.32 Å². The highest BCUT2D eigenvalue weighted by atomic mass is 32.1. The van der Waals surface area contributed by atoms with Crippen LogP contribution in [0.25, 0.3) is 0 Å². The van der Waals surface area contributed by atoms with Crippen LogP contribution in [-0.4, -0.2) is 11.3 Å². The molecule has 0 saturated heterocycles. The van der Waals surface area contributed by atoms with Crippen LogP contribution in [0, 0.1) is 6.92 Å². The van der Waals surface area contributed by atoms with Crippen LogP contribution >= 0.6 is 12.2 Å². The molecule has 0 saturated carbocycles. The molecule has 0 unspecified atom stereocenters. The summed E-state index contributed by atoms with van der Waals surface area (Å²) in [6.45, 7) is 1.88. The number of aryl methyl sites for hydroxylation is 1. The van der Waals surface area contributed by atoms with Gasteiger partial charge in [0.25, 0.3) is 0 Å². The first-order chi connectivity index (χ1) is 8.74. The molecule has 0 aliphatic rings. The Morgan fingerprint density at radius 2 is 2.00 bits per heavy atom. The largest absolute Gasteiger partial charge is 0.460 e. The normalized spacial score (nSPS) is 10.5. The fraction of sp³-hybridized carbons (Fsp3) is 0.0769. The maximum Gasteiger partial charge on any atom is 0.191 e. The third-order valence-electron chi connectivity index (χ3n) is 2.15. The molecule has 0 spiro atoms. The van der Waals surface area contributed by atoms with Crippen molar-refractivity contribution in [3.8, 4) is 0 Å². The number of nitrogens with one attached hydrogen (secondary N) is 2. The summed E-state index contributed by atoms with van der Waals surface area (Å²) in [5, 5.41) is 7.42. The van der Waals surface area contributed by atoms with Crippen LogP contribution in [0.15, 0.2) is 52.0 Å². The van der Waals surface area contributed by atoms with Gasteiger partial charge >= 0.3 is 0 Å². The topological polar surface area (TPSA) is 49.6 Å². The van der Waals surface area contributed by atoms with Crippen LogP contribution in [0.1, 0.15) is 11.5 Å². The lowest BCUT2D eigenvalue weighted by Crippen LogP contribution is -2.23. The Bertz CT molecular complexity index is 548. The molecule has 18 heavy (non-hydrogen) atoms. The summed E-state index contributed by atoms with van der Waals surface area (Å²) in [4.78, 5) is 0. The Morgan fingerprint density at radius 1 is 1.22 bits per heavy atom. The Hall–Kier alpha value is -2.14. The second-order valence-corrected chi connectivity index (χ2v) is 4.05. The zero-order valence-electron chi connectivity index (χ0n) is 9.88. The van der Waals surface area contributed by atoms with Crippen LogP contribution in [0.2, 0.25) is 0 Å². The molecule has 0 amide bonds. The molecule has 4 nitrogen and oxygen atoms in total. The fourth-order valence-corrected chi connectivity index (χ4v) is 1.53. The van der Waals surface area contributed by atoms with E-state index >= 15 is 0 Å². The number of para-hydroxylation sites is 1. The summed E-state index contributed by atoms with van der Waals surface area (Å²) in [5.74, 6) is 1.53. The smallest absolute Gasteiger partial charge is 0.191 e. The van der Waals surface area contributed by atoms with Gasteiger partial charge in [0, 0.05) is 5.69 Å². The van der Waals surface area contributed by atoms with Gasteiger partial charge in [0.05, 0.1) is 6.21 Å². The van der Waals surface area contributed by atoms with Gasteiger partial charge in [0.1, 0.15) is 11.5 Å². The number of nitrogens with zero attached hydrogens (tertiary/aromatic N) is 1. The second-order valence-electron chi connectivity index (χ2n) is 3.64. The predicted octanol–water partition coefficient (Wildman–Crippen LogP) is 2.91. The molecule has 0 atom stereocenters. The van der Waals surface area contributed by atoms with Crippen molar-refractivity contribution >= 4 is 29.2 Å². The van der Waals surface area contributed by atoms with Crippen molar-refractivity contribution in [1.29, 1.82) is 0 Å². The van der Waals surface area contributed by atoms with Gasteiger partial charge in [-0.1, -0.05) is 18.2 Å². The molecule has 2 N–H and O–H groups in total. The molecule has 0 bridgehead atoms. The summed E-state index contributed by atoms with van der Waals surface area (Å²) in [7, 11) is 0. The quantitative estimate of drug-likeness (QED) is 0.505. The molecule has 2 aromatic rings. The number of hydrogen-bond donors (Lipinski definition) is 2. The molecule has 0 aliphatic heterocycles. The average molecular weight is 259 g/mol. The van der Waals surface area contributed by atoms with E-state index in [2.05, 4.69) is 15.8 Å². The minimum absolute atomic E-state index is 0.431. The lowest BCUT2D eigenvalue weighted by Gasteiger charge is -2.05. The standard InChI is InChI=1S/C13H13N3OS/c1-10-7-8-12(17-10)9-14-16-13(18)15-11-5-3-2-4-6-11/h2-9H,1H3,(H2,15,16,18)/b14-9+. The Kier molecular flexibility index (Phi) is 4.09. The molecule has 0 radical (unpaired) electrons. The van der Waals surface area contributed by atoms with Crippen molar-refractivity contribution < 1.29 is 4.42 Å². The van der Waals surface area contributed by atoms with Gasteiger partial charge in [-0.2, -0.15) is 5.10 Å². The van der Waals surface area contributed by atoms with E-state index in [0.29, 0.717) is 10.9 Å². The van der Waals surface area contributed by atoms with Gasteiger partial charge < -0.3 is 9.73 Å². The number of thiocarbonyl (C=S) groups is 1. The SMILES string of the molecule is Cc1ccc(/C=N/NC(=S)Nc2ccccc2)o1. The molecular weight excluding hydrogens is 246 g/mol. The summed E-state index contributed by atoms with van der Waals surface area (Å²) < 4.78 is 5.33. The lowest BCUT2D eigenvalue weighted by molar-refractivity contribution is 0.527. The Labute approximate surface area is 111 Å². The van der Waals surface area contributed by atoms with Gasteiger partial charge in [-0.15, -0.1) is 0 Å². The van der Waals surface area contributed by atoms with Gasteiger partial charge in [-0.3, -0.25) is 5.43 Å². The molecule has 0 aliphatic carbocycles. The Morgan fingerprint density at radius 3 is 2.67 bits per heavy atom. The fourth-order valence-electron chi connectivity index (χ4n) is 1.36. The molecule has 92 valence electrons. The maximum absolute atomic E-state index is 5.33. The van der Waals surface area contributed by atoms with Gasteiger partial charge in [0.2, 0.25) is 0 Å². The molecule has 1 heterocycles. The van der Waals surface area contributed by atoms with Crippen LogP contribution in [0.3, 0.4) is 0 Å². The molecule has 5 heteroatoms. The summed E-state index contributed by atoms with van der Waals surface area (Å²) in [5.41, 5.74) is 3.63. The van der Waals surface area contributed by atoms with Crippen molar-refractivity contribution in [1.82, 2.24) is 5.43 Å². The number of benzene rings is 1. The molecule has 0 fully saturated rings. The van der Waals surface area contributed by atoms with Gasteiger partial charge in [-0.05, 0) is 43.4 Å². The summed E-state index contributed by atoms with van der Waals surface area (Å²) >= 11 is 5.09. The van der Waals surface area contributed by atoms with E-state index in [0.717, 1.165) is 11.4 Å². The van der Waals surface area contributed by atoms with Crippen LogP contribution in [0.5, 0.6) is 0 Å². The third kappa shape index (κ3) is 3.71. The van der Waals surface area contributed by atoms with Crippen LogP contribution < -0.4 is 10.7 Å². The first-order valence-electron chi connectivity index (χ1n) is 5.45. The monoisotopic (exact) mass is 259 g/mol. The van der Waals surface area contributed by atoms with Crippen molar-refractivity contribution in [3.63, 3.8) is 0 Å². The highest BCUT2D eigenvalue weighted by Crippen LogP contribution is 2.04. The van der Waals surface area contributed by atoms with E-state index in [-0.39, 0.29) is 0 Å². The molecular formula is C13H13N3OS. The van der Waals surface area contributed by atoms with Gasteiger partial charge in [-0.25, -0.2) is 0 Å². The molecule has 1 aromatic carbocycles. The summed E-state index contributed by atoms with van der Waals surface area (Å²) in [6.07, 6.45) is 1.58. The number of rotatable bonds is 3. The zero-order valence-corrected chi connectivity index (χ0v) is 10.7. The lowest BCUT2D eigenvalue weighted by atomic mass is 10.3.